The largest absolute Gasteiger partial charge is 0.481 e. The normalized spacial score (nSPS) is 30.9. The molecule has 0 radical (unpaired) electrons. The van der Waals surface area contributed by atoms with Crippen molar-refractivity contribution < 1.29 is 14.7 Å². The van der Waals surface area contributed by atoms with Crippen LogP contribution in [-0.4, -0.2) is 41.1 Å². The number of carboxylic acids is 1. The number of carboxylic acid groups (broad SMARTS) is 1. The second-order valence-corrected chi connectivity index (χ2v) is 6.21. The SMILES string of the molecule is CC1CCCCCN1C(=O)NCC1CCCC1C(=O)O. The molecule has 114 valence electrons. The predicted octanol–water partition coefficient (Wildman–Crippen LogP) is 2.46. The Balaban J connectivity index is 1.83. The van der Waals surface area contributed by atoms with E-state index in [9.17, 15) is 9.59 Å². The predicted molar refractivity (Wildman–Crippen MR) is 76.5 cm³/mol. The van der Waals surface area contributed by atoms with Crippen LogP contribution >= 0.6 is 0 Å². The number of nitrogens with one attached hydrogen (secondary N) is 1. The molecule has 2 N–H and O–H groups in total. The van der Waals surface area contributed by atoms with E-state index >= 15 is 0 Å². The number of amides is 2. The van der Waals surface area contributed by atoms with Gasteiger partial charge in [-0.2, -0.15) is 0 Å². The molecule has 2 aliphatic rings. The Hall–Kier alpha value is -1.26. The molecule has 0 aromatic carbocycles. The van der Waals surface area contributed by atoms with Crippen molar-refractivity contribution >= 4 is 12.0 Å². The lowest BCUT2D eigenvalue weighted by Crippen LogP contribution is -2.46. The molecule has 3 unspecified atom stereocenters. The molecule has 0 bridgehead atoms. The monoisotopic (exact) mass is 282 g/mol. The van der Waals surface area contributed by atoms with Crippen molar-refractivity contribution in [1.82, 2.24) is 10.2 Å². The Morgan fingerprint density at radius 1 is 1.15 bits per heavy atom. The van der Waals surface area contributed by atoms with E-state index in [1.807, 2.05) is 4.90 Å². The summed E-state index contributed by atoms with van der Waals surface area (Å²) in [6.45, 7) is 3.42. The van der Waals surface area contributed by atoms with Gasteiger partial charge in [-0.25, -0.2) is 4.79 Å². The third kappa shape index (κ3) is 3.64. The highest BCUT2D eigenvalue weighted by Crippen LogP contribution is 2.31. The van der Waals surface area contributed by atoms with Crippen molar-refractivity contribution in [2.24, 2.45) is 11.8 Å². The van der Waals surface area contributed by atoms with Gasteiger partial charge in [-0.1, -0.05) is 19.3 Å². The minimum atomic E-state index is -0.718. The summed E-state index contributed by atoms with van der Waals surface area (Å²) in [5, 5.41) is 12.1. The second-order valence-electron chi connectivity index (χ2n) is 6.21. The molecule has 2 rings (SSSR count). The number of nitrogens with zero attached hydrogens (tertiary/aromatic N) is 1. The van der Waals surface area contributed by atoms with E-state index in [2.05, 4.69) is 12.2 Å². The smallest absolute Gasteiger partial charge is 0.317 e. The van der Waals surface area contributed by atoms with Crippen molar-refractivity contribution in [3.05, 3.63) is 0 Å². The molecule has 5 heteroatoms. The lowest BCUT2D eigenvalue weighted by atomic mass is 9.96. The first-order valence-electron chi connectivity index (χ1n) is 7.87. The number of aliphatic carboxylic acids is 1. The Bertz CT molecular complexity index is 359. The van der Waals surface area contributed by atoms with Gasteiger partial charge in [0, 0.05) is 19.1 Å². The van der Waals surface area contributed by atoms with Gasteiger partial charge in [0.25, 0.3) is 0 Å². The maximum absolute atomic E-state index is 12.3. The van der Waals surface area contributed by atoms with Crippen molar-refractivity contribution in [2.75, 3.05) is 13.1 Å². The van der Waals surface area contributed by atoms with E-state index in [0.29, 0.717) is 6.54 Å². The molecule has 0 aromatic rings. The van der Waals surface area contributed by atoms with Crippen LogP contribution < -0.4 is 5.32 Å². The molecule has 1 heterocycles. The summed E-state index contributed by atoms with van der Waals surface area (Å²) in [4.78, 5) is 25.3. The maximum Gasteiger partial charge on any atom is 0.317 e. The molecule has 5 nitrogen and oxygen atoms in total. The van der Waals surface area contributed by atoms with Gasteiger partial charge < -0.3 is 15.3 Å². The third-order valence-electron chi connectivity index (χ3n) is 4.81. The number of carbonyl (C=O) groups is 2. The summed E-state index contributed by atoms with van der Waals surface area (Å²) < 4.78 is 0. The first-order valence-corrected chi connectivity index (χ1v) is 7.87. The summed E-state index contributed by atoms with van der Waals surface area (Å²) in [6, 6.07) is 0.270. The van der Waals surface area contributed by atoms with E-state index in [-0.39, 0.29) is 23.9 Å². The van der Waals surface area contributed by atoms with E-state index in [1.54, 1.807) is 0 Å². The Morgan fingerprint density at radius 2 is 1.95 bits per heavy atom. The Kier molecular flexibility index (Phi) is 5.26. The number of hydrogen-bond donors (Lipinski definition) is 2. The van der Waals surface area contributed by atoms with Gasteiger partial charge in [-0.3, -0.25) is 4.79 Å². The quantitative estimate of drug-likeness (QED) is 0.835. The lowest BCUT2D eigenvalue weighted by molar-refractivity contribution is -0.142. The molecule has 1 saturated heterocycles. The average Bonchev–Trinajstić information content (AvgIpc) is 2.78. The standard InChI is InChI=1S/C15H26N2O3/c1-11-6-3-2-4-9-17(11)15(20)16-10-12-7-5-8-13(12)14(18)19/h11-13H,2-10H2,1H3,(H,16,20)(H,18,19). The Morgan fingerprint density at radius 3 is 2.70 bits per heavy atom. The summed E-state index contributed by atoms with van der Waals surface area (Å²) in [7, 11) is 0. The van der Waals surface area contributed by atoms with Crippen molar-refractivity contribution in [1.29, 1.82) is 0 Å². The highest BCUT2D eigenvalue weighted by Gasteiger charge is 2.33. The fourth-order valence-corrected chi connectivity index (χ4v) is 3.50. The zero-order valence-electron chi connectivity index (χ0n) is 12.3. The molecule has 0 aromatic heterocycles. The van der Waals surface area contributed by atoms with Crippen LogP contribution in [0, 0.1) is 11.8 Å². The van der Waals surface area contributed by atoms with Crippen molar-refractivity contribution in [2.45, 2.75) is 57.9 Å². The van der Waals surface area contributed by atoms with Crippen LogP contribution in [0.4, 0.5) is 4.79 Å². The van der Waals surface area contributed by atoms with Crippen LogP contribution in [0.1, 0.15) is 51.9 Å². The fraction of sp³-hybridized carbons (Fsp3) is 0.867. The van der Waals surface area contributed by atoms with Crippen LogP contribution in [0.15, 0.2) is 0 Å². The number of likely N-dealkylation sites (tertiary alicyclic amines) is 1. The molecule has 2 amide bonds. The highest BCUT2D eigenvalue weighted by molar-refractivity contribution is 5.75. The topological polar surface area (TPSA) is 69.6 Å². The van der Waals surface area contributed by atoms with Gasteiger partial charge in [0.05, 0.1) is 5.92 Å². The third-order valence-corrected chi connectivity index (χ3v) is 4.81. The molecular weight excluding hydrogens is 256 g/mol. The van der Waals surface area contributed by atoms with Gasteiger partial charge in [-0.05, 0) is 38.5 Å². The molecule has 2 fully saturated rings. The highest BCUT2D eigenvalue weighted by atomic mass is 16.4. The lowest BCUT2D eigenvalue weighted by Gasteiger charge is -2.28. The molecule has 20 heavy (non-hydrogen) atoms. The molecule has 1 aliphatic heterocycles. The summed E-state index contributed by atoms with van der Waals surface area (Å²) in [5.74, 6) is -0.902. The van der Waals surface area contributed by atoms with Gasteiger partial charge >= 0.3 is 12.0 Å². The number of carbonyl (C=O) groups excluding carboxylic acids is 1. The minimum absolute atomic E-state index is 0.0181. The molecular formula is C15H26N2O3. The zero-order chi connectivity index (χ0) is 14.5. The van der Waals surface area contributed by atoms with Crippen molar-refractivity contribution in [3.8, 4) is 0 Å². The number of urea groups is 1. The van der Waals surface area contributed by atoms with Gasteiger partial charge in [0.15, 0.2) is 0 Å². The van der Waals surface area contributed by atoms with Crippen LogP contribution in [0.25, 0.3) is 0 Å². The molecule has 1 aliphatic carbocycles. The van der Waals surface area contributed by atoms with Crippen LogP contribution in [0.2, 0.25) is 0 Å². The Labute approximate surface area is 120 Å². The fourth-order valence-electron chi connectivity index (χ4n) is 3.50. The van der Waals surface area contributed by atoms with Crippen LogP contribution in [0.5, 0.6) is 0 Å². The first-order chi connectivity index (χ1) is 9.59. The maximum atomic E-state index is 12.3. The van der Waals surface area contributed by atoms with E-state index in [1.165, 1.54) is 12.8 Å². The van der Waals surface area contributed by atoms with Gasteiger partial charge in [0.1, 0.15) is 0 Å². The van der Waals surface area contributed by atoms with Crippen molar-refractivity contribution in [3.63, 3.8) is 0 Å². The summed E-state index contributed by atoms with van der Waals surface area (Å²) in [6.07, 6.45) is 7.13. The van der Waals surface area contributed by atoms with Gasteiger partial charge in [0.2, 0.25) is 0 Å². The van der Waals surface area contributed by atoms with Crippen LogP contribution in [-0.2, 0) is 4.79 Å². The first kappa shape index (κ1) is 15.1. The average molecular weight is 282 g/mol. The van der Waals surface area contributed by atoms with E-state index in [4.69, 9.17) is 5.11 Å². The number of hydrogen-bond acceptors (Lipinski definition) is 2. The van der Waals surface area contributed by atoms with Gasteiger partial charge in [-0.15, -0.1) is 0 Å². The minimum Gasteiger partial charge on any atom is -0.481 e. The summed E-state index contributed by atoms with van der Waals surface area (Å²) >= 11 is 0. The molecule has 0 spiro atoms. The van der Waals surface area contributed by atoms with E-state index < -0.39 is 5.97 Å². The van der Waals surface area contributed by atoms with Crippen LogP contribution in [0.3, 0.4) is 0 Å². The molecule has 1 saturated carbocycles. The summed E-state index contributed by atoms with van der Waals surface area (Å²) in [5.41, 5.74) is 0. The second kappa shape index (κ2) is 6.95. The van der Waals surface area contributed by atoms with E-state index in [0.717, 1.165) is 38.6 Å². The number of rotatable bonds is 3. The zero-order valence-corrected chi connectivity index (χ0v) is 12.3. The molecule has 3 atom stereocenters.